The first-order chi connectivity index (χ1) is 9.92. The lowest BCUT2D eigenvalue weighted by Crippen LogP contribution is -2.59. The Kier molecular flexibility index (Phi) is 4.57. The van der Waals surface area contributed by atoms with Gasteiger partial charge in [0.2, 0.25) is 0 Å². The Balaban J connectivity index is 2.52. The van der Waals surface area contributed by atoms with Crippen molar-refractivity contribution >= 4 is 11.6 Å². The van der Waals surface area contributed by atoms with Crippen LogP contribution in [0.3, 0.4) is 0 Å². The average molecular weight is 289 g/mol. The summed E-state index contributed by atoms with van der Waals surface area (Å²) in [6.45, 7) is 8.79. The van der Waals surface area contributed by atoms with Crippen LogP contribution in [0, 0.1) is 0 Å². The number of anilines is 1. The number of fused-ring (bicyclic) bond motifs is 1. The van der Waals surface area contributed by atoms with Crippen molar-refractivity contribution in [1.29, 1.82) is 0 Å². The third kappa shape index (κ3) is 2.91. The van der Waals surface area contributed by atoms with Crippen molar-refractivity contribution < 1.29 is 4.79 Å². The summed E-state index contributed by atoms with van der Waals surface area (Å²) in [5.74, 6) is 5.81. The van der Waals surface area contributed by atoms with Crippen LogP contribution in [0.5, 0.6) is 0 Å². The SMILES string of the molecule is CCC[C@@H](C(=O)NN)N1c2ccccc2[C@H](C)CC1(C)C. The fraction of sp³-hybridized carbons (Fsp3) is 0.588. The number of hydrogen-bond donors (Lipinski definition) is 2. The zero-order chi connectivity index (χ0) is 15.6. The van der Waals surface area contributed by atoms with Gasteiger partial charge in [-0.05, 0) is 44.2 Å². The summed E-state index contributed by atoms with van der Waals surface area (Å²) in [7, 11) is 0. The Morgan fingerprint density at radius 3 is 2.76 bits per heavy atom. The van der Waals surface area contributed by atoms with Gasteiger partial charge < -0.3 is 4.90 Å². The minimum atomic E-state index is -0.219. The van der Waals surface area contributed by atoms with Crippen molar-refractivity contribution in [3.8, 4) is 0 Å². The molecule has 1 amide bonds. The van der Waals surface area contributed by atoms with E-state index in [0.29, 0.717) is 5.92 Å². The van der Waals surface area contributed by atoms with E-state index >= 15 is 0 Å². The van der Waals surface area contributed by atoms with Gasteiger partial charge in [-0.25, -0.2) is 5.84 Å². The molecule has 2 rings (SSSR count). The monoisotopic (exact) mass is 289 g/mol. The van der Waals surface area contributed by atoms with Crippen LogP contribution in [0.4, 0.5) is 5.69 Å². The Morgan fingerprint density at radius 1 is 1.48 bits per heavy atom. The van der Waals surface area contributed by atoms with Gasteiger partial charge in [0.25, 0.3) is 5.91 Å². The second-order valence-corrected chi connectivity index (χ2v) is 6.66. The summed E-state index contributed by atoms with van der Waals surface area (Å²) < 4.78 is 0. The Bertz CT molecular complexity index is 513. The number of hydrogen-bond acceptors (Lipinski definition) is 3. The van der Waals surface area contributed by atoms with Gasteiger partial charge in [-0.1, -0.05) is 38.5 Å². The smallest absolute Gasteiger partial charge is 0.256 e. The molecule has 1 aromatic rings. The molecule has 0 bridgehead atoms. The van der Waals surface area contributed by atoms with Crippen molar-refractivity contribution in [2.45, 2.75) is 64.5 Å². The molecular weight excluding hydrogens is 262 g/mol. The Morgan fingerprint density at radius 2 is 2.14 bits per heavy atom. The van der Waals surface area contributed by atoms with Gasteiger partial charge in [-0.15, -0.1) is 0 Å². The maximum absolute atomic E-state index is 12.3. The quantitative estimate of drug-likeness (QED) is 0.509. The number of amides is 1. The van der Waals surface area contributed by atoms with E-state index in [4.69, 9.17) is 5.84 Å². The van der Waals surface area contributed by atoms with Crippen LogP contribution >= 0.6 is 0 Å². The maximum Gasteiger partial charge on any atom is 0.256 e. The van der Waals surface area contributed by atoms with Gasteiger partial charge >= 0.3 is 0 Å². The van der Waals surface area contributed by atoms with Crippen LogP contribution in [0.25, 0.3) is 0 Å². The summed E-state index contributed by atoms with van der Waals surface area (Å²) in [5.41, 5.74) is 4.77. The molecule has 4 nitrogen and oxygen atoms in total. The third-order valence-corrected chi connectivity index (χ3v) is 4.50. The van der Waals surface area contributed by atoms with Gasteiger partial charge in [0.1, 0.15) is 6.04 Å². The first-order valence-corrected chi connectivity index (χ1v) is 7.81. The van der Waals surface area contributed by atoms with Crippen LogP contribution in [-0.4, -0.2) is 17.5 Å². The number of carbonyl (C=O) groups excluding carboxylic acids is 1. The number of rotatable bonds is 4. The molecule has 1 heterocycles. The molecule has 0 aromatic heterocycles. The van der Waals surface area contributed by atoms with E-state index in [0.717, 1.165) is 19.3 Å². The summed E-state index contributed by atoms with van der Waals surface area (Å²) >= 11 is 0. The van der Waals surface area contributed by atoms with E-state index in [-0.39, 0.29) is 17.5 Å². The van der Waals surface area contributed by atoms with Gasteiger partial charge in [0.05, 0.1) is 0 Å². The first kappa shape index (κ1) is 15.8. The molecule has 1 aromatic carbocycles. The molecule has 21 heavy (non-hydrogen) atoms. The molecule has 1 aliphatic heterocycles. The lowest BCUT2D eigenvalue weighted by atomic mass is 9.78. The highest BCUT2D eigenvalue weighted by atomic mass is 16.2. The number of para-hydroxylation sites is 1. The molecule has 1 aliphatic rings. The predicted octanol–water partition coefficient (Wildman–Crippen LogP) is 2.94. The van der Waals surface area contributed by atoms with Crippen LogP contribution in [-0.2, 0) is 4.79 Å². The number of benzene rings is 1. The summed E-state index contributed by atoms with van der Waals surface area (Å²) in [5, 5.41) is 0. The van der Waals surface area contributed by atoms with E-state index in [1.54, 1.807) is 0 Å². The molecule has 0 unspecified atom stereocenters. The minimum Gasteiger partial charge on any atom is -0.354 e. The number of carbonyl (C=O) groups is 1. The fourth-order valence-electron chi connectivity index (χ4n) is 3.74. The molecule has 116 valence electrons. The van der Waals surface area contributed by atoms with Crippen LogP contribution in [0.2, 0.25) is 0 Å². The van der Waals surface area contributed by atoms with E-state index in [2.05, 4.69) is 56.2 Å². The highest BCUT2D eigenvalue weighted by Gasteiger charge is 2.41. The summed E-state index contributed by atoms with van der Waals surface area (Å²) in [4.78, 5) is 14.6. The topological polar surface area (TPSA) is 58.4 Å². The fourth-order valence-corrected chi connectivity index (χ4v) is 3.74. The van der Waals surface area contributed by atoms with Crippen LogP contribution in [0.15, 0.2) is 24.3 Å². The standard InChI is InChI=1S/C17H27N3O/c1-5-8-15(16(21)19-18)20-14-10-7-6-9-13(14)12(2)11-17(20,3)4/h6-7,9-10,12,15H,5,8,11,18H2,1-4H3,(H,19,21)/t12-,15+/m1/s1. The van der Waals surface area contributed by atoms with Crippen molar-refractivity contribution in [1.82, 2.24) is 5.43 Å². The number of nitrogens with two attached hydrogens (primary N) is 1. The van der Waals surface area contributed by atoms with Crippen molar-refractivity contribution in [3.63, 3.8) is 0 Å². The predicted molar refractivity (Wildman–Crippen MR) is 87.1 cm³/mol. The van der Waals surface area contributed by atoms with Crippen molar-refractivity contribution in [2.75, 3.05) is 4.90 Å². The maximum atomic E-state index is 12.3. The highest BCUT2D eigenvalue weighted by molar-refractivity contribution is 5.86. The molecule has 0 aliphatic carbocycles. The molecule has 3 N–H and O–H groups in total. The van der Waals surface area contributed by atoms with Crippen molar-refractivity contribution in [2.24, 2.45) is 5.84 Å². The molecule has 0 fully saturated rings. The lowest BCUT2D eigenvalue weighted by Gasteiger charge is -2.50. The van der Waals surface area contributed by atoms with Crippen LogP contribution in [0.1, 0.15) is 58.4 Å². The number of hydrazine groups is 1. The lowest BCUT2D eigenvalue weighted by molar-refractivity contribution is -0.123. The van der Waals surface area contributed by atoms with Crippen molar-refractivity contribution in [3.05, 3.63) is 29.8 Å². The number of nitrogens with zero attached hydrogens (tertiary/aromatic N) is 1. The molecule has 0 saturated heterocycles. The molecule has 0 spiro atoms. The van der Waals surface area contributed by atoms with Gasteiger partial charge in [0.15, 0.2) is 0 Å². The van der Waals surface area contributed by atoms with Gasteiger partial charge in [0, 0.05) is 11.2 Å². The second kappa shape index (κ2) is 6.06. The zero-order valence-electron chi connectivity index (χ0n) is 13.5. The Hall–Kier alpha value is -1.55. The van der Waals surface area contributed by atoms with Crippen LogP contribution < -0.4 is 16.2 Å². The molecular formula is C17H27N3O. The van der Waals surface area contributed by atoms with E-state index in [1.165, 1.54) is 11.3 Å². The molecule has 4 heteroatoms. The summed E-state index contributed by atoms with van der Waals surface area (Å²) in [6, 6.07) is 8.20. The molecule has 0 saturated carbocycles. The molecule has 0 radical (unpaired) electrons. The largest absolute Gasteiger partial charge is 0.354 e. The average Bonchev–Trinajstić information content (AvgIpc) is 2.44. The van der Waals surface area contributed by atoms with Gasteiger partial charge in [-0.3, -0.25) is 10.2 Å². The normalized spacial score (nSPS) is 21.6. The zero-order valence-corrected chi connectivity index (χ0v) is 13.5. The molecule has 2 atom stereocenters. The first-order valence-electron chi connectivity index (χ1n) is 7.81. The number of nitrogens with one attached hydrogen (secondary N) is 1. The Labute approximate surface area is 127 Å². The minimum absolute atomic E-state index is 0.0693. The van der Waals surface area contributed by atoms with E-state index in [1.807, 2.05) is 6.07 Å². The van der Waals surface area contributed by atoms with E-state index in [9.17, 15) is 4.79 Å². The summed E-state index contributed by atoms with van der Waals surface area (Å²) in [6.07, 6.45) is 2.78. The van der Waals surface area contributed by atoms with Gasteiger partial charge in [-0.2, -0.15) is 0 Å². The highest BCUT2D eigenvalue weighted by Crippen LogP contribution is 2.44. The third-order valence-electron chi connectivity index (χ3n) is 4.50. The second-order valence-electron chi connectivity index (χ2n) is 6.66. The van der Waals surface area contributed by atoms with E-state index < -0.39 is 0 Å².